The lowest BCUT2D eigenvalue weighted by Gasteiger charge is -2.27. The average Bonchev–Trinajstić information content (AvgIpc) is 3.11. The molecule has 0 spiro atoms. The number of hydrogen-bond acceptors (Lipinski definition) is 4. The predicted octanol–water partition coefficient (Wildman–Crippen LogP) is 2.31. The van der Waals surface area contributed by atoms with Crippen LogP contribution in [0.3, 0.4) is 0 Å². The van der Waals surface area contributed by atoms with Crippen molar-refractivity contribution in [2.45, 2.75) is 19.4 Å². The summed E-state index contributed by atoms with van der Waals surface area (Å²) in [6.45, 7) is 3.01. The van der Waals surface area contributed by atoms with E-state index >= 15 is 0 Å². The Hall–Kier alpha value is -1.45. The van der Waals surface area contributed by atoms with Gasteiger partial charge in [0.2, 0.25) is 0 Å². The number of halogens is 1. The van der Waals surface area contributed by atoms with Gasteiger partial charge in [-0.25, -0.2) is 0 Å². The van der Waals surface area contributed by atoms with Crippen LogP contribution in [0.5, 0.6) is 0 Å². The number of nitrogens with one attached hydrogen (secondary N) is 2. The highest BCUT2D eigenvalue weighted by Gasteiger charge is 2.34. The molecule has 2 heterocycles. The highest BCUT2D eigenvalue weighted by Crippen LogP contribution is 2.31. The SMILES string of the molecule is CN=C(NCc1cccc2cccnc12)NCC1(CCO)CCOC1.I. The van der Waals surface area contributed by atoms with Crippen LogP contribution in [0.1, 0.15) is 18.4 Å². The molecule has 0 saturated carbocycles. The van der Waals surface area contributed by atoms with Gasteiger partial charge in [0.15, 0.2) is 5.96 Å². The second-order valence-electron chi connectivity index (χ2n) is 6.55. The summed E-state index contributed by atoms with van der Waals surface area (Å²) in [5.41, 5.74) is 2.14. The van der Waals surface area contributed by atoms with Gasteiger partial charge in [0.1, 0.15) is 0 Å². The molecule has 0 amide bonds. The van der Waals surface area contributed by atoms with E-state index in [0.29, 0.717) is 13.2 Å². The molecule has 1 atom stereocenters. The molecule has 0 aliphatic carbocycles. The molecule has 1 aromatic carbocycles. The molecule has 0 radical (unpaired) electrons. The van der Waals surface area contributed by atoms with E-state index in [1.165, 1.54) is 0 Å². The van der Waals surface area contributed by atoms with Crippen molar-refractivity contribution < 1.29 is 9.84 Å². The molecule has 1 aromatic heterocycles. The lowest BCUT2D eigenvalue weighted by molar-refractivity contribution is 0.127. The Morgan fingerprint density at radius 1 is 1.31 bits per heavy atom. The monoisotopic (exact) mass is 470 g/mol. The maximum atomic E-state index is 9.33. The summed E-state index contributed by atoms with van der Waals surface area (Å²) in [6, 6.07) is 10.2. The van der Waals surface area contributed by atoms with Gasteiger partial charge in [-0.1, -0.05) is 24.3 Å². The van der Waals surface area contributed by atoms with E-state index in [-0.39, 0.29) is 36.0 Å². The fourth-order valence-electron chi connectivity index (χ4n) is 3.29. The molecule has 1 aliphatic rings. The van der Waals surface area contributed by atoms with Crippen LogP contribution < -0.4 is 10.6 Å². The molecule has 7 heteroatoms. The Labute approximate surface area is 171 Å². The largest absolute Gasteiger partial charge is 0.396 e. The molecule has 6 nitrogen and oxygen atoms in total. The fraction of sp³-hybridized carbons (Fsp3) is 0.474. The first kappa shape index (κ1) is 20.9. The molecule has 2 aromatic rings. The maximum Gasteiger partial charge on any atom is 0.191 e. The second kappa shape index (κ2) is 10.0. The van der Waals surface area contributed by atoms with Gasteiger partial charge in [0.25, 0.3) is 0 Å². The number of para-hydroxylation sites is 1. The number of ether oxygens (including phenoxy) is 1. The summed E-state index contributed by atoms with van der Waals surface area (Å²) in [4.78, 5) is 8.79. The Kier molecular flexibility index (Phi) is 8.05. The molecule has 142 valence electrons. The third-order valence-electron chi connectivity index (χ3n) is 4.84. The zero-order valence-corrected chi connectivity index (χ0v) is 17.4. The van der Waals surface area contributed by atoms with Crippen LogP contribution in [0, 0.1) is 5.41 Å². The minimum absolute atomic E-state index is 0. The van der Waals surface area contributed by atoms with Crippen LogP contribution in [-0.2, 0) is 11.3 Å². The van der Waals surface area contributed by atoms with E-state index < -0.39 is 0 Å². The van der Waals surface area contributed by atoms with Crippen molar-refractivity contribution in [2.75, 3.05) is 33.4 Å². The number of fused-ring (bicyclic) bond motifs is 1. The number of aliphatic imine (C=N–C) groups is 1. The average molecular weight is 470 g/mol. The van der Waals surface area contributed by atoms with Crippen LogP contribution in [0.2, 0.25) is 0 Å². The van der Waals surface area contributed by atoms with Gasteiger partial charge in [-0.15, -0.1) is 24.0 Å². The van der Waals surface area contributed by atoms with E-state index in [1.54, 1.807) is 7.05 Å². The Bertz CT molecular complexity index is 727. The molecular weight excluding hydrogens is 443 g/mol. The number of rotatable bonds is 6. The molecular formula is C19H27IN4O2. The quantitative estimate of drug-likeness (QED) is 0.343. The van der Waals surface area contributed by atoms with Gasteiger partial charge in [-0.3, -0.25) is 9.98 Å². The third-order valence-corrected chi connectivity index (χ3v) is 4.84. The van der Waals surface area contributed by atoms with E-state index in [1.807, 2.05) is 18.3 Å². The van der Waals surface area contributed by atoms with E-state index in [2.05, 4.69) is 38.8 Å². The van der Waals surface area contributed by atoms with Crippen molar-refractivity contribution in [1.29, 1.82) is 0 Å². The van der Waals surface area contributed by atoms with Crippen molar-refractivity contribution in [3.05, 3.63) is 42.1 Å². The number of nitrogens with zero attached hydrogens (tertiary/aromatic N) is 2. The molecule has 1 unspecified atom stereocenters. The zero-order valence-electron chi connectivity index (χ0n) is 15.1. The van der Waals surface area contributed by atoms with Gasteiger partial charge >= 0.3 is 0 Å². The lowest BCUT2D eigenvalue weighted by Crippen LogP contribution is -2.44. The van der Waals surface area contributed by atoms with Gasteiger partial charge in [-0.05, 0) is 24.5 Å². The normalized spacial score (nSPS) is 20.0. The number of benzene rings is 1. The molecule has 0 bridgehead atoms. The first-order valence-corrected chi connectivity index (χ1v) is 8.72. The summed E-state index contributed by atoms with van der Waals surface area (Å²) < 4.78 is 5.54. The molecule has 3 N–H and O–H groups in total. The lowest BCUT2D eigenvalue weighted by atomic mass is 9.84. The van der Waals surface area contributed by atoms with Crippen LogP contribution in [-0.4, -0.2) is 49.5 Å². The fourth-order valence-corrected chi connectivity index (χ4v) is 3.29. The van der Waals surface area contributed by atoms with E-state index in [0.717, 1.165) is 48.4 Å². The Morgan fingerprint density at radius 2 is 2.15 bits per heavy atom. The molecule has 1 aliphatic heterocycles. The van der Waals surface area contributed by atoms with E-state index in [9.17, 15) is 5.11 Å². The van der Waals surface area contributed by atoms with Crippen LogP contribution in [0.15, 0.2) is 41.5 Å². The number of aliphatic hydroxyl groups excluding tert-OH is 1. The first-order valence-electron chi connectivity index (χ1n) is 8.72. The Morgan fingerprint density at radius 3 is 2.88 bits per heavy atom. The van der Waals surface area contributed by atoms with E-state index in [4.69, 9.17) is 4.74 Å². The van der Waals surface area contributed by atoms with Crippen molar-refractivity contribution in [3.63, 3.8) is 0 Å². The van der Waals surface area contributed by atoms with Crippen molar-refractivity contribution in [1.82, 2.24) is 15.6 Å². The number of hydrogen-bond donors (Lipinski definition) is 3. The van der Waals surface area contributed by atoms with Crippen molar-refractivity contribution in [3.8, 4) is 0 Å². The number of aromatic nitrogens is 1. The van der Waals surface area contributed by atoms with Crippen molar-refractivity contribution in [2.24, 2.45) is 10.4 Å². The summed E-state index contributed by atoms with van der Waals surface area (Å²) in [6.07, 6.45) is 3.52. The minimum Gasteiger partial charge on any atom is -0.396 e. The number of aliphatic hydroxyl groups is 1. The highest BCUT2D eigenvalue weighted by atomic mass is 127. The van der Waals surface area contributed by atoms with Gasteiger partial charge < -0.3 is 20.5 Å². The standard InChI is InChI=1S/C19H26N4O2.HI/c1-20-18(23-13-19(7-10-24)8-11-25-14-19)22-12-16-5-2-4-15-6-3-9-21-17(15)16;/h2-6,9,24H,7-8,10-14H2,1H3,(H2,20,22,23);1H. The molecule has 26 heavy (non-hydrogen) atoms. The summed E-state index contributed by atoms with van der Waals surface area (Å²) in [7, 11) is 1.76. The Balaban J connectivity index is 0.00000243. The summed E-state index contributed by atoms with van der Waals surface area (Å²) >= 11 is 0. The zero-order chi connectivity index (χ0) is 17.5. The van der Waals surface area contributed by atoms with Gasteiger partial charge in [0, 0.05) is 50.3 Å². The molecule has 1 fully saturated rings. The topological polar surface area (TPSA) is 78.8 Å². The van der Waals surface area contributed by atoms with Gasteiger partial charge in [-0.2, -0.15) is 0 Å². The maximum absolute atomic E-state index is 9.33. The second-order valence-corrected chi connectivity index (χ2v) is 6.55. The van der Waals surface area contributed by atoms with Gasteiger partial charge in [0.05, 0.1) is 12.1 Å². The van der Waals surface area contributed by atoms with Crippen LogP contribution in [0.25, 0.3) is 10.9 Å². The summed E-state index contributed by atoms with van der Waals surface area (Å²) in [5.74, 6) is 0.747. The summed E-state index contributed by atoms with van der Waals surface area (Å²) in [5, 5.41) is 17.2. The predicted molar refractivity (Wildman–Crippen MR) is 115 cm³/mol. The molecule has 1 saturated heterocycles. The minimum atomic E-state index is -0.00658. The number of guanidine groups is 1. The number of pyridine rings is 1. The van der Waals surface area contributed by atoms with Crippen LogP contribution in [0.4, 0.5) is 0 Å². The first-order chi connectivity index (χ1) is 12.3. The van der Waals surface area contributed by atoms with Crippen LogP contribution >= 0.6 is 24.0 Å². The van der Waals surface area contributed by atoms with Crippen molar-refractivity contribution >= 4 is 40.8 Å². The smallest absolute Gasteiger partial charge is 0.191 e. The highest BCUT2D eigenvalue weighted by molar-refractivity contribution is 14.0. The third kappa shape index (κ3) is 5.05. The molecule has 3 rings (SSSR count).